The molecule has 34 heavy (non-hydrogen) atoms. The number of nitrogens with two attached hydrogens (primary N) is 1. The van der Waals surface area contributed by atoms with Crippen LogP contribution in [0.2, 0.25) is 5.15 Å². The highest BCUT2D eigenvalue weighted by atomic mass is 35.5. The molecule has 0 atom stereocenters. The third-order valence-electron chi connectivity index (χ3n) is 5.84. The van der Waals surface area contributed by atoms with E-state index in [2.05, 4.69) is 17.1 Å². The average molecular weight is 480 g/mol. The molecular weight excluding hydrogens is 454 g/mol. The Hall–Kier alpha value is -3.78. The number of fused-ring (bicyclic) bond motifs is 1. The maximum atomic E-state index is 12.5. The molecule has 0 aliphatic heterocycles. The van der Waals surface area contributed by atoms with Gasteiger partial charge in [0.1, 0.15) is 5.82 Å². The smallest absolute Gasteiger partial charge is 0.357 e. The van der Waals surface area contributed by atoms with E-state index < -0.39 is 5.97 Å². The van der Waals surface area contributed by atoms with Crippen LogP contribution >= 0.6 is 11.6 Å². The molecule has 0 spiro atoms. The first kappa shape index (κ1) is 23.4. The Morgan fingerprint density at radius 1 is 1.21 bits per heavy atom. The lowest BCUT2D eigenvalue weighted by molar-refractivity contribution is 0.0589. The number of hydrogen-bond donors (Lipinski definition) is 2. The van der Waals surface area contributed by atoms with Gasteiger partial charge in [-0.15, -0.1) is 0 Å². The van der Waals surface area contributed by atoms with E-state index in [0.29, 0.717) is 18.5 Å². The number of carbonyl (C=O) groups is 1. The molecule has 0 saturated carbocycles. The zero-order valence-electron chi connectivity index (χ0n) is 19.0. The number of esters is 1. The summed E-state index contributed by atoms with van der Waals surface area (Å²) >= 11 is 6.35. The van der Waals surface area contributed by atoms with E-state index in [0.717, 1.165) is 40.8 Å². The van der Waals surface area contributed by atoms with Crippen molar-refractivity contribution in [3.05, 3.63) is 82.5 Å². The number of amidine groups is 1. The van der Waals surface area contributed by atoms with Gasteiger partial charge in [0, 0.05) is 23.6 Å². The predicted molar refractivity (Wildman–Crippen MR) is 132 cm³/mol. The van der Waals surface area contributed by atoms with E-state index >= 15 is 0 Å². The molecule has 8 nitrogen and oxygen atoms in total. The van der Waals surface area contributed by atoms with Gasteiger partial charge in [-0.2, -0.15) is 0 Å². The molecule has 9 heteroatoms. The quantitative estimate of drug-likeness (QED) is 0.125. The molecule has 0 aliphatic rings. The third-order valence-corrected chi connectivity index (χ3v) is 6.10. The number of carbonyl (C=O) groups excluding carboxylic acids is 1. The molecular formula is C25H26ClN5O3. The fraction of sp³-hybridized carbons (Fsp3) is 0.240. The SMILES string of the molecule is CCCCc1nc(Cl)c(C(=O)OC)n1Cc1cccc2c1ccn2-c1ccccc1C(N)=NO. The summed E-state index contributed by atoms with van der Waals surface area (Å²) < 4.78 is 8.82. The van der Waals surface area contributed by atoms with Crippen LogP contribution in [0.4, 0.5) is 0 Å². The third kappa shape index (κ3) is 4.24. The van der Waals surface area contributed by atoms with Crippen molar-refractivity contribution in [2.45, 2.75) is 32.7 Å². The number of imidazole rings is 1. The first-order valence-electron chi connectivity index (χ1n) is 11.0. The lowest BCUT2D eigenvalue weighted by atomic mass is 10.1. The Kier molecular flexibility index (Phi) is 6.88. The van der Waals surface area contributed by atoms with Crippen LogP contribution in [0.15, 0.2) is 59.9 Å². The molecule has 0 unspecified atom stereocenters. The molecule has 0 bridgehead atoms. The largest absolute Gasteiger partial charge is 0.464 e. The van der Waals surface area contributed by atoms with Crippen LogP contribution in [0.5, 0.6) is 0 Å². The van der Waals surface area contributed by atoms with Gasteiger partial charge >= 0.3 is 5.97 Å². The van der Waals surface area contributed by atoms with E-state index in [1.54, 1.807) is 6.07 Å². The Balaban J connectivity index is 1.83. The van der Waals surface area contributed by atoms with E-state index in [4.69, 9.17) is 22.1 Å². The highest BCUT2D eigenvalue weighted by Gasteiger charge is 2.23. The van der Waals surface area contributed by atoms with Crippen molar-refractivity contribution in [3.63, 3.8) is 0 Å². The zero-order chi connectivity index (χ0) is 24.2. The number of methoxy groups -OCH3 is 1. The molecule has 0 fully saturated rings. The van der Waals surface area contributed by atoms with Crippen LogP contribution in [-0.2, 0) is 17.7 Å². The first-order valence-corrected chi connectivity index (χ1v) is 11.4. The van der Waals surface area contributed by atoms with Gasteiger partial charge in [0.2, 0.25) is 0 Å². The summed E-state index contributed by atoms with van der Waals surface area (Å²) in [5, 5.41) is 13.5. The van der Waals surface area contributed by atoms with Gasteiger partial charge in [-0.05, 0) is 36.2 Å². The Morgan fingerprint density at radius 2 is 2.00 bits per heavy atom. The van der Waals surface area contributed by atoms with E-state index in [1.807, 2.05) is 57.8 Å². The van der Waals surface area contributed by atoms with Gasteiger partial charge in [0.15, 0.2) is 16.7 Å². The van der Waals surface area contributed by atoms with Crippen molar-refractivity contribution < 1.29 is 14.7 Å². The summed E-state index contributed by atoms with van der Waals surface area (Å²) in [6.45, 7) is 2.51. The topological polar surface area (TPSA) is 108 Å². The number of unbranched alkanes of at least 4 members (excludes halogenated alkanes) is 1. The average Bonchev–Trinajstić information content (AvgIpc) is 3.43. The number of halogens is 1. The monoisotopic (exact) mass is 479 g/mol. The Labute approximate surface area is 202 Å². The Morgan fingerprint density at radius 3 is 2.74 bits per heavy atom. The van der Waals surface area contributed by atoms with Crippen molar-refractivity contribution in [1.29, 1.82) is 0 Å². The standard InChI is InChI=1S/C25H26ClN5O3/c1-3-4-12-21-28-23(26)22(25(32)34-2)31(21)15-16-8-7-11-19-17(16)13-14-30(19)20-10-6-5-9-18(20)24(27)29-33/h5-11,13-14,33H,3-4,12,15H2,1-2H3,(H2,27,29). The Bertz CT molecular complexity index is 1370. The maximum absolute atomic E-state index is 12.5. The van der Waals surface area contributed by atoms with Crippen LogP contribution < -0.4 is 5.73 Å². The van der Waals surface area contributed by atoms with Crippen molar-refractivity contribution >= 4 is 34.3 Å². The van der Waals surface area contributed by atoms with E-state index in [9.17, 15) is 10.0 Å². The highest BCUT2D eigenvalue weighted by Crippen LogP contribution is 2.28. The second-order valence-electron chi connectivity index (χ2n) is 7.89. The van der Waals surface area contributed by atoms with Gasteiger partial charge in [0.25, 0.3) is 0 Å². The van der Waals surface area contributed by atoms with Crippen molar-refractivity contribution in [2.75, 3.05) is 7.11 Å². The zero-order valence-corrected chi connectivity index (χ0v) is 19.8. The predicted octanol–water partition coefficient (Wildman–Crippen LogP) is 4.75. The van der Waals surface area contributed by atoms with Gasteiger partial charge in [-0.25, -0.2) is 9.78 Å². The number of benzene rings is 2. The minimum atomic E-state index is -0.516. The molecule has 0 radical (unpaired) electrons. The van der Waals surface area contributed by atoms with Crippen LogP contribution in [-0.4, -0.2) is 38.2 Å². The van der Waals surface area contributed by atoms with Crippen LogP contribution in [0, 0.1) is 0 Å². The van der Waals surface area contributed by atoms with Crippen LogP contribution in [0.1, 0.15) is 47.2 Å². The number of ether oxygens (including phenoxy) is 1. The van der Waals surface area contributed by atoms with Gasteiger partial charge in [-0.1, -0.05) is 54.4 Å². The summed E-state index contributed by atoms with van der Waals surface area (Å²) in [5.41, 5.74) is 9.51. The van der Waals surface area contributed by atoms with Crippen LogP contribution in [0.25, 0.3) is 16.6 Å². The summed E-state index contributed by atoms with van der Waals surface area (Å²) in [5.74, 6) is 0.267. The molecule has 2 aromatic heterocycles. The van der Waals surface area contributed by atoms with Gasteiger partial charge < -0.3 is 24.8 Å². The minimum absolute atomic E-state index is 0.0324. The summed E-state index contributed by atoms with van der Waals surface area (Å²) in [6, 6.07) is 15.4. The molecule has 0 aliphatic carbocycles. The molecule has 2 aromatic carbocycles. The van der Waals surface area contributed by atoms with E-state index in [1.165, 1.54) is 7.11 Å². The lowest BCUT2D eigenvalue weighted by Crippen LogP contribution is -2.16. The fourth-order valence-corrected chi connectivity index (χ4v) is 4.43. The van der Waals surface area contributed by atoms with Gasteiger partial charge in [-0.3, -0.25) is 0 Å². The highest BCUT2D eigenvalue weighted by molar-refractivity contribution is 6.32. The number of rotatable bonds is 8. The van der Waals surface area contributed by atoms with Gasteiger partial charge in [0.05, 0.1) is 24.9 Å². The second-order valence-corrected chi connectivity index (χ2v) is 8.24. The number of aryl methyl sites for hydroxylation is 1. The van der Waals surface area contributed by atoms with Crippen molar-refractivity contribution in [1.82, 2.24) is 14.1 Å². The summed E-state index contributed by atoms with van der Waals surface area (Å²) in [6.07, 6.45) is 4.57. The molecule has 2 heterocycles. The number of hydrogen-bond acceptors (Lipinski definition) is 5. The fourth-order valence-electron chi connectivity index (χ4n) is 4.16. The molecule has 4 aromatic rings. The minimum Gasteiger partial charge on any atom is -0.464 e. The van der Waals surface area contributed by atoms with Crippen LogP contribution in [0.3, 0.4) is 0 Å². The number of para-hydroxylation sites is 1. The second kappa shape index (κ2) is 10.0. The molecule has 0 saturated heterocycles. The van der Waals surface area contributed by atoms with E-state index in [-0.39, 0.29) is 16.7 Å². The molecule has 0 amide bonds. The molecule has 3 N–H and O–H groups in total. The number of aromatic nitrogens is 3. The van der Waals surface area contributed by atoms with Crippen molar-refractivity contribution in [3.8, 4) is 5.69 Å². The number of nitrogens with zero attached hydrogens (tertiary/aromatic N) is 4. The number of oxime groups is 1. The maximum Gasteiger partial charge on any atom is 0.357 e. The first-order chi connectivity index (χ1) is 16.5. The summed E-state index contributed by atoms with van der Waals surface area (Å²) in [4.78, 5) is 17.0. The normalized spacial score (nSPS) is 11.8. The summed E-state index contributed by atoms with van der Waals surface area (Å²) in [7, 11) is 1.33. The molecule has 4 rings (SSSR count). The molecule has 176 valence electrons. The van der Waals surface area contributed by atoms with Crippen molar-refractivity contribution in [2.24, 2.45) is 10.9 Å². The lowest BCUT2D eigenvalue weighted by Gasteiger charge is -2.14.